The number of piperidine rings is 1. The minimum absolute atomic E-state index is 0.0940. The fourth-order valence-electron chi connectivity index (χ4n) is 2.61. The van der Waals surface area contributed by atoms with Crippen molar-refractivity contribution >= 4 is 6.03 Å². The molecular weight excluding hydrogens is 212 g/mol. The predicted molar refractivity (Wildman–Crippen MR) is 69.6 cm³/mol. The highest BCUT2D eigenvalue weighted by Crippen LogP contribution is 2.35. The molecule has 2 amide bonds. The molecule has 1 heterocycles. The predicted octanol–water partition coefficient (Wildman–Crippen LogP) is 3.27. The molecule has 0 radical (unpaired) electrons. The van der Waals surface area contributed by atoms with Crippen molar-refractivity contribution in [2.24, 2.45) is 5.92 Å². The third-order valence-electron chi connectivity index (χ3n) is 4.00. The molecule has 0 bridgehead atoms. The summed E-state index contributed by atoms with van der Waals surface area (Å²) < 4.78 is 0. The zero-order valence-electron chi connectivity index (χ0n) is 11.0. The van der Waals surface area contributed by atoms with Crippen molar-refractivity contribution in [1.29, 1.82) is 0 Å². The lowest BCUT2D eigenvalue weighted by molar-refractivity contribution is 0.152. The van der Waals surface area contributed by atoms with Crippen molar-refractivity contribution in [3.05, 3.63) is 11.8 Å². The number of carbonyl (C=O) groups excluding carboxylic acids is 1. The van der Waals surface area contributed by atoms with Gasteiger partial charge in [0.15, 0.2) is 0 Å². The second-order valence-corrected chi connectivity index (χ2v) is 5.36. The summed E-state index contributed by atoms with van der Waals surface area (Å²) in [6, 6.07) is 0.537. The Balaban J connectivity index is 1.86. The summed E-state index contributed by atoms with van der Waals surface area (Å²) in [4.78, 5) is 14.1. The van der Waals surface area contributed by atoms with E-state index in [1.54, 1.807) is 0 Å². The molecule has 0 aromatic rings. The topological polar surface area (TPSA) is 32.3 Å². The van der Waals surface area contributed by atoms with Gasteiger partial charge in [0.25, 0.3) is 0 Å². The Morgan fingerprint density at radius 2 is 2.12 bits per heavy atom. The molecule has 0 aromatic heterocycles. The average molecular weight is 236 g/mol. The summed E-state index contributed by atoms with van der Waals surface area (Å²) in [5, 5.41) is 2.96. The number of hydrogen-bond donors (Lipinski definition) is 1. The molecule has 1 aliphatic carbocycles. The number of allylic oxidation sites excluding steroid dienone is 1. The van der Waals surface area contributed by atoms with E-state index in [0.29, 0.717) is 6.04 Å². The summed E-state index contributed by atoms with van der Waals surface area (Å²) in [7, 11) is 0. The smallest absolute Gasteiger partial charge is 0.321 e. The minimum atomic E-state index is 0.0940. The first-order valence-corrected chi connectivity index (χ1v) is 6.96. The second kappa shape index (κ2) is 5.56. The number of nitrogens with zero attached hydrogens (tertiary/aromatic N) is 1. The van der Waals surface area contributed by atoms with Gasteiger partial charge < -0.3 is 10.2 Å². The van der Waals surface area contributed by atoms with Gasteiger partial charge in [0.1, 0.15) is 0 Å². The van der Waals surface area contributed by atoms with Crippen molar-refractivity contribution < 1.29 is 4.79 Å². The molecule has 2 aliphatic rings. The molecule has 0 aromatic carbocycles. The fourth-order valence-corrected chi connectivity index (χ4v) is 2.61. The van der Waals surface area contributed by atoms with Crippen molar-refractivity contribution in [2.45, 2.75) is 58.4 Å². The molecule has 1 atom stereocenters. The Hall–Kier alpha value is -0.990. The monoisotopic (exact) mass is 236 g/mol. The molecule has 1 unspecified atom stereocenters. The third-order valence-corrected chi connectivity index (χ3v) is 4.00. The quantitative estimate of drug-likeness (QED) is 0.801. The van der Waals surface area contributed by atoms with Gasteiger partial charge in [-0.15, -0.1) is 0 Å². The first kappa shape index (κ1) is 12.5. The van der Waals surface area contributed by atoms with Gasteiger partial charge in [-0.05, 0) is 51.4 Å². The molecule has 17 heavy (non-hydrogen) atoms. The molecule has 3 heteroatoms. The third kappa shape index (κ3) is 3.24. The summed E-state index contributed by atoms with van der Waals surface area (Å²) in [6.45, 7) is 5.20. The Labute approximate surface area is 104 Å². The first-order chi connectivity index (χ1) is 8.22. The number of hydrogen-bond acceptors (Lipinski definition) is 1. The lowest BCUT2D eigenvalue weighted by Crippen LogP contribution is -2.47. The highest BCUT2D eigenvalue weighted by atomic mass is 16.2. The van der Waals surface area contributed by atoms with E-state index < -0.39 is 0 Å². The van der Waals surface area contributed by atoms with Crippen LogP contribution in [0.1, 0.15) is 52.4 Å². The zero-order valence-corrected chi connectivity index (χ0v) is 11.0. The van der Waals surface area contributed by atoms with Crippen molar-refractivity contribution in [2.75, 3.05) is 6.54 Å². The van der Waals surface area contributed by atoms with E-state index in [9.17, 15) is 4.79 Å². The molecule has 1 saturated carbocycles. The number of carbonyl (C=O) groups is 1. The van der Waals surface area contributed by atoms with E-state index in [1.807, 2.05) is 11.1 Å². The van der Waals surface area contributed by atoms with E-state index in [0.717, 1.165) is 31.7 Å². The van der Waals surface area contributed by atoms with Gasteiger partial charge in [-0.2, -0.15) is 0 Å². The summed E-state index contributed by atoms with van der Waals surface area (Å²) >= 11 is 0. The van der Waals surface area contributed by atoms with Crippen LogP contribution in [0.15, 0.2) is 11.8 Å². The molecule has 1 aliphatic heterocycles. The van der Waals surface area contributed by atoms with Crippen LogP contribution in [0.4, 0.5) is 4.79 Å². The standard InChI is InChI=1S/C14H24N2O/c1-3-13-6-4-5-9-16(13)14(17)15-10-11(2)12-7-8-12/h10,12-13H,3-9H2,1-2H3,(H,15,17)/b11-10+. The molecule has 0 spiro atoms. The van der Waals surface area contributed by atoms with Crippen molar-refractivity contribution in [1.82, 2.24) is 10.2 Å². The number of likely N-dealkylation sites (tertiary alicyclic amines) is 1. The first-order valence-electron chi connectivity index (χ1n) is 6.96. The lowest BCUT2D eigenvalue weighted by atomic mass is 10.0. The van der Waals surface area contributed by atoms with Crippen LogP contribution in [-0.4, -0.2) is 23.5 Å². The van der Waals surface area contributed by atoms with E-state index >= 15 is 0 Å². The summed E-state index contributed by atoms with van der Waals surface area (Å²) in [5.41, 5.74) is 1.32. The number of urea groups is 1. The maximum atomic E-state index is 12.1. The van der Waals surface area contributed by atoms with Crippen LogP contribution < -0.4 is 5.32 Å². The van der Waals surface area contributed by atoms with E-state index in [4.69, 9.17) is 0 Å². The normalized spacial score (nSPS) is 25.9. The highest BCUT2D eigenvalue weighted by Gasteiger charge is 2.26. The largest absolute Gasteiger partial charge is 0.322 e. The van der Waals surface area contributed by atoms with E-state index in [-0.39, 0.29) is 6.03 Å². The molecule has 1 saturated heterocycles. The maximum absolute atomic E-state index is 12.1. The number of nitrogens with one attached hydrogen (secondary N) is 1. The van der Waals surface area contributed by atoms with Crippen LogP contribution in [0.3, 0.4) is 0 Å². The van der Waals surface area contributed by atoms with Crippen LogP contribution in [0.5, 0.6) is 0 Å². The van der Waals surface area contributed by atoms with Crippen LogP contribution >= 0.6 is 0 Å². The van der Waals surface area contributed by atoms with Gasteiger partial charge in [-0.1, -0.05) is 12.5 Å². The van der Waals surface area contributed by atoms with Crippen LogP contribution in [0.2, 0.25) is 0 Å². The van der Waals surface area contributed by atoms with Gasteiger partial charge >= 0.3 is 6.03 Å². The number of amides is 2. The Kier molecular flexibility index (Phi) is 4.08. The van der Waals surface area contributed by atoms with Gasteiger partial charge in [0.05, 0.1) is 0 Å². The van der Waals surface area contributed by atoms with Crippen LogP contribution in [-0.2, 0) is 0 Å². The molecule has 2 fully saturated rings. The lowest BCUT2D eigenvalue weighted by Gasteiger charge is -2.34. The molecule has 96 valence electrons. The Bertz CT molecular complexity index is 307. The molecule has 2 rings (SSSR count). The Morgan fingerprint density at radius 1 is 1.35 bits per heavy atom. The van der Waals surface area contributed by atoms with E-state index in [2.05, 4.69) is 19.2 Å². The fraction of sp³-hybridized carbons (Fsp3) is 0.786. The van der Waals surface area contributed by atoms with Crippen molar-refractivity contribution in [3.8, 4) is 0 Å². The summed E-state index contributed by atoms with van der Waals surface area (Å²) in [5.74, 6) is 0.735. The molecule has 3 nitrogen and oxygen atoms in total. The minimum Gasteiger partial charge on any atom is -0.322 e. The average Bonchev–Trinajstić information content (AvgIpc) is 3.19. The maximum Gasteiger partial charge on any atom is 0.321 e. The SMILES string of the molecule is CCC1CCCCN1C(=O)N/C=C(\C)C1CC1. The van der Waals surface area contributed by atoms with Gasteiger partial charge in [-0.25, -0.2) is 4.79 Å². The second-order valence-electron chi connectivity index (χ2n) is 5.36. The van der Waals surface area contributed by atoms with Gasteiger partial charge in [0, 0.05) is 18.8 Å². The molecule has 1 N–H and O–H groups in total. The Morgan fingerprint density at radius 3 is 2.76 bits per heavy atom. The summed E-state index contributed by atoms with van der Waals surface area (Å²) in [6.07, 6.45) is 9.14. The van der Waals surface area contributed by atoms with Gasteiger partial charge in [0.2, 0.25) is 0 Å². The van der Waals surface area contributed by atoms with Crippen molar-refractivity contribution in [3.63, 3.8) is 0 Å². The van der Waals surface area contributed by atoms with Crippen LogP contribution in [0, 0.1) is 5.92 Å². The molecular formula is C14H24N2O. The van der Waals surface area contributed by atoms with E-state index in [1.165, 1.54) is 24.8 Å². The van der Waals surface area contributed by atoms with Crippen LogP contribution in [0.25, 0.3) is 0 Å². The number of rotatable bonds is 3. The van der Waals surface area contributed by atoms with Gasteiger partial charge in [-0.3, -0.25) is 0 Å². The highest BCUT2D eigenvalue weighted by molar-refractivity contribution is 5.75. The zero-order chi connectivity index (χ0) is 12.3.